The zero-order valence-electron chi connectivity index (χ0n) is 7.81. The van der Waals surface area contributed by atoms with Gasteiger partial charge in [-0.05, 0) is 6.07 Å². The van der Waals surface area contributed by atoms with E-state index in [1.165, 1.54) is 6.07 Å². The molecule has 0 aliphatic carbocycles. The first-order chi connectivity index (χ1) is 7.45. The highest BCUT2D eigenvalue weighted by Gasteiger charge is 2.18. The van der Waals surface area contributed by atoms with Crippen LogP contribution in [0.5, 0.6) is 5.75 Å². The summed E-state index contributed by atoms with van der Waals surface area (Å²) in [4.78, 5) is 13.7. The zero-order valence-corrected chi connectivity index (χ0v) is 7.81. The zero-order chi connectivity index (χ0) is 12.3. The summed E-state index contributed by atoms with van der Waals surface area (Å²) in [5, 5.41) is 26.4. The van der Waals surface area contributed by atoms with Crippen molar-refractivity contribution in [3.8, 4) is 11.8 Å². The summed E-state index contributed by atoms with van der Waals surface area (Å²) in [5.74, 6) is -2.01. The van der Waals surface area contributed by atoms with E-state index >= 15 is 0 Å². The van der Waals surface area contributed by atoms with Crippen LogP contribution in [0.25, 0.3) is 0 Å². The van der Waals surface area contributed by atoms with Crippen LogP contribution in [0.15, 0.2) is 6.07 Å². The molecule has 7 heteroatoms. The van der Waals surface area contributed by atoms with E-state index in [1.807, 2.05) is 0 Å². The average molecular weight is 228 g/mol. The fourth-order valence-electron chi connectivity index (χ4n) is 1.08. The van der Waals surface area contributed by atoms with Gasteiger partial charge in [0.2, 0.25) is 0 Å². The summed E-state index contributed by atoms with van der Waals surface area (Å²) in [7, 11) is 0. The fourth-order valence-corrected chi connectivity index (χ4v) is 1.08. The molecule has 0 saturated carbocycles. The first-order valence-corrected chi connectivity index (χ1v) is 4.08. The molecule has 0 aliphatic rings. The number of carbonyl (C=O) groups is 1. The lowest BCUT2D eigenvalue weighted by molar-refractivity contribution is -0.136. The molecule has 0 bridgehead atoms. The Hall–Kier alpha value is -2.23. The fraction of sp³-hybridized carbons (Fsp3) is 0.222. The van der Waals surface area contributed by atoms with Gasteiger partial charge in [0.1, 0.15) is 11.8 Å². The molecule has 2 N–H and O–H groups in total. The Labute approximate surface area is 88.6 Å². The minimum absolute atomic E-state index is 0.415. The highest BCUT2D eigenvalue weighted by atomic mass is 19.3. The number of hydrogen-bond donors (Lipinski definition) is 2. The molecule has 1 rings (SSSR count). The summed E-state index contributed by atoms with van der Waals surface area (Å²) in [6, 6.07) is 2.22. The van der Waals surface area contributed by atoms with Gasteiger partial charge in [-0.25, -0.2) is 13.8 Å². The molecule has 0 saturated heterocycles. The summed E-state index contributed by atoms with van der Waals surface area (Å²) in [5.41, 5.74) is -1.59. The van der Waals surface area contributed by atoms with Crippen molar-refractivity contribution in [3.05, 3.63) is 23.0 Å². The summed E-state index contributed by atoms with van der Waals surface area (Å²) < 4.78 is 24.7. The minimum Gasteiger partial charge on any atom is -0.505 e. The third-order valence-electron chi connectivity index (χ3n) is 1.75. The molecule has 1 aromatic rings. The highest BCUT2D eigenvalue weighted by molar-refractivity contribution is 5.71. The number of alkyl halides is 2. The maximum Gasteiger partial charge on any atom is 0.309 e. The quantitative estimate of drug-likeness (QED) is 0.811. The van der Waals surface area contributed by atoms with Crippen LogP contribution < -0.4 is 0 Å². The Morgan fingerprint density at radius 1 is 1.62 bits per heavy atom. The lowest BCUT2D eigenvalue weighted by Crippen LogP contribution is -2.06. The molecule has 1 aromatic heterocycles. The second kappa shape index (κ2) is 4.53. The van der Waals surface area contributed by atoms with Gasteiger partial charge < -0.3 is 10.2 Å². The molecule has 0 atom stereocenters. The van der Waals surface area contributed by atoms with E-state index in [4.69, 9.17) is 10.4 Å². The molecule has 0 radical (unpaired) electrons. The van der Waals surface area contributed by atoms with Crippen molar-refractivity contribution in [2.75, 3.05) is 0 Å². The van der Waals surface area contributed by atoms with Crippen molar-refractivity contribution in [1.29, 1.82) is 5.26 Å². The second-order valence-corrected chi connectivity index (χ2v) is 2.87. The number of rotatable bonds is 3. The van der Waals surface area contributed by atoms with Gasteiger partial charge in [0.25, 0.3) is 6.43 Å². The lowest BCUT2D eigenvalue weighted by atomic mass is 10.1. The van der Waals surface area contributed by atoms with E-state index < -0.39 is 41.5 Å². The Morgan fingerprint density at radius 3 is 2.69 bits per heavy atom. The SMILES string of the molecule is N#Cc1cc(C(F)F)nc(CC(=O)O)c1O. The van der Waals surface area contributed by atoms with E-state index in [-0.39, 0.29) is 0 Å². The van der Waals surface area contributed by atoms with Gasteiger partial charge in [0.05, 0.1) is 17.7 Å². The maximum absolute atomic E-state index is 12.3. The van der Waals surface area contributed by atoms with Crippen LogP contribution in [-0.4, -0.2) is 21.2 Å². The third kappa shape index (κ3) is 2.42. The number of carboxylic acids is 1. The monoisotopic (exact) mass is 228 g/mol. The van der Waals surface area contributed by atoms with E-state index in [1.54, 1.807) is 0 Å². The number of aliphatic carboxylic acids is 1. The van der Waals surface area contributed by atoms with Gasteiger partial charge in [-0.2, -0.15) is 5.26 Å². The minimum atomic E-state index is -2.93. The largest absolute Gasteiger partial charge is 0.505 e. The van der Waals surface area contributed by atoms with Crippen LogP contribution >= 0.6 is 0 Å². The molecule has 0 spiro atoms. The molecule has 1 heterocycles. The smallest absolute Gasteiger partial charge is 0.309 e. The Balaban J connectivity index is 3.31. The standard InChI is InChI=1S/C9H6F2N2O3/c10-9(11)6-1-4(3-12)8(16)5(13-6)2-7(14)15/h1,9,16H,2H2,(H,14,15). The van der Waals surface area contributed by atoms with Crippen molar-refractivity contribution >= 4 is 5.97 Å². The number of aromatic hydroxyl groups is 1. The van der Waals surface area contributed by atoms with Crippen molar-refractivity contribution < 1.29 is 23.8 Å². The van der Waals surface area contributed by atoms with Crippen LogP contribution in [0.3, 0.4) is 0 Å². The highest BCUT2D eigenvalue weighted by Crippen LogP contribution is 2.26. The lowest BCUT2D eigenvalue weighted by Gasteiger charge is -2.06. The van der Waals surface area contributed by atoms with Crippen molar-refractivity contribution in [3.63, 3.8) is 0 Å². The van der Waals surface area contributed by atoms with Crippen molar-refractivity contribution in [2.45, 2.75) is 12.8 Å². The predicted octanol–water partition coefficient (Wildman–Crippen LogP) is 1.22. The number of aromatic nitrogens is 1. The molecule has 16 heavy (non-hydrogen) atoms. The number of nitriles is 1. The molecule has 5 nitrogen and oxygen atoms in total. The Morgan fingerprint density at radius 2 is 2.25 bits per heavy atom. The van der Waals surface area contributed by atoms with E-state index in [0.717, 1.165) is 6.07 Å². The topological polar surface area (TPSA) is 94.2 Å². The molecule has 0 aromatic carbocycles. The molecule has 0 fully saturated rings. The number of halogens is 2. The first kappa shape index (κ1) is 11.8. The summed E-state index contributed by atoms with van der Waals surface area (Å²) >= 11 is 0. The number of carboxylic acid groups (broad SMARTS) is 1. The second-order valence-electron chi connectivity index (χ2n) is 2.87. The van der Waals surface area contributed by atoms with Gasteiger partial charge in [-0.3, -0.25) is 4.79 Å². The number of nitrogens with zero attached hydrogens (tertiary/aromatic N) is 2. The Bertz CT molecular complexity index is 469. The molecular weight excluding hydrogens is 222 g/mol. The van der Waals surface area contributed by atoms with Gasteiger partial charge in [-0.1, -0.05) is 0 Å². The third-order valence-corrected chi connectivity index (χ3v) is 1.75. The van der Waals surface area contributed by atoms with Crippen molar-refractivity contribution in [1.82, 2.24) is 4.98 Å². The first-order valence-electron chi connectivity index (χ1n) is 4.08. The maximum atomic E-state index is 12.3. The summed E-state index contributed by atoms with van der Waals surface area (Å²) in [6.45, 7) is 0. The molecular formula is C9H6F2N2O3. The van der Waals surface area contributed by atoms with E-state index in [9.17, 15) is 18.7 Å². The summed E-state index contributed by atoms with van der Waals surface area (Å²) in [6.07, 6.45) is -3.65. The van der Waals surface area contributed by atoms with E-state index in [0.29, 0.717) is 0 Å². The molecule has 0 unspecified atom stereocenters. The van der Waals surface area contributed by atoms with Crippen molar-refractivity contribution in [2.24, 2.45) is 0 Å². The van der Waals surface area contributed by atoms with Crippen LogP contribution in [-0.2, 0) is 11.2 Å². The number of hydrogen-bond acceptors (Lipinski definition) is 4. The average Bonchev–Trinajstić information content (AvgIpc) is 2.20. The van der Waals surface area contributed by atoms with Gasteiger partial charge in [-0.15, -0.1) is 0 Å². The molecule has 0 aliphatic heterocycles. The van der Waals surface area contributed by atoms with E-state index in [2.05, 4.69) is 4.98 Å². The van der Waals surface area contributed by atoms with Crippen LogP contribution in [0, 0.1) is 11.3 Å². The number of pyridine rings is 1. The normalized spacial score (nSPS) is 10.1. The van der Waals surface area contributed by atoms with Gasteiger partial charge in [0.15, 0.2) is 5.75 Å². The molecule has 84 valence electrons. The van der Waals surface area contributed by atoms with Crippen LogP contribution in [0.4, 0.5) is 8.78 Å². The predicted molar refractivity (Wildman–Crippen MR) is 46.9 cm³/mol. The van der Waals surface area contributed by atoms with Gasteiger partial charge >= 0.3 is 5.97 Å². The van der Waals surface area contributed by atoms with Crippen LogP contribution in [0.2, 0.25) is 0 Å². The van der Waals surface area contributed by atoms with Gasteiger partial charge in [0, 0.05) is 0 Å². The van der Waals surface area contributed by atoms with Crippen LogP contribution in [0.1, 0.15) is 23.4 Å². The Kier molecular flexibility index (Phi) is 3.35. The molecule has 0 amide bonds.